The average Bonchev–Trinajstić information content (AvgIpc) is 2.35. The van der Waals surface area contributed by atoms with Gasteiger partial charge in [-0.15, -0.1) is 6.58 Å². The van der Waals surface area contributed by atoms with E-state index in [9.17, 15) is 0 Å². The molecular weight excluding hydrogens is 208 g/mol. The van der Waals surface area contributed by atoms with Gasteiger partial charge in [0, 0.05) is 6.61 Å². The summed E-state index contributed by atoms with van der Waals surface area (Å²) < 4.78 is 0. The normalized spacial score (nSPS) is 10.6. The fourth-order valence-electron chi connectivity index (χ4n) is 2.17. The molecule has 0 amide bonds. The molecule has 1 heteroatoms. The minimum absolute atomic E-state index is 0.367. The monoisotopic (exact) mass is 240 g/mol. The molecule has 0 saturated heterocycles. The largest absolute Gasteiger partial charge is 0.396 e. The van der Waals surface area contributed by atoms with Crippen LogP contribution < -0.4 is 0 Å². The summed E-state index contributed by atoms with van der Waals surface area (Å²) in [5.74, 6) is 0. The van der Waals surface area contributed by atoms with Crippen LogP contribution in [0.4, 0.5) is 0 Å². The first-order valence-electron chi connectivity index (χ1n) is 7.63. The lowest BCUT2D eigenvalue weighted by Gasteiger charge is -2.02. The summed E-state index contributed by atoms with van der Waals surface area (Å²) in [5.41, 5.74) is 0. The zero-order valence-electron chi connectivity index (χ0n) is 11.6. The van der Waals surface area contributed by atoms with Crippen LogP contribution in [0.1, 0.15) is 83.5 Å². The van der Waals surface area contributed by atoms with Crippen LogP contribution in [0.3, 0.4) is 0 Å². The minimum Gasteiger partial charge on any atom is -0.396 e. The number of rotatable bonds is 14. The highest BCUT2D eigenvalue weighted by Gasteiger charge is 1.93. The molecule has 0 unspecified atom stereocenters. The van der Waals surface area contributed by atoms with Crippen LogP contribution in [0.15, 0.2) is 12.7 Å². The van der Waals surface area contributed by atoms with Gasteiger partial charge in [0.05, 0.1) is 0 Å². The van der Waals surface area contributed by atoms with Gasteiger partial charge in [0.25, 0.3) is 0 Å². The molecule has 0 aromatic carbocycles. The van der Waals surface area contributed by atoms with Gasteiger partial charge in [0.1, 0.15) is 0 Å². The SMILES string of the molecule is C=CCCCCCCCCCCCCCCO. The predicted octanol–water partition coefficient (Wildman–Crippen LogP) is 5.24. The van der Waals surface area contributed by atoms with Crippen molar-refractivity contribution in [3.63, 3.8) is 0 Å². The van der Waals surface area contributed by atoms with Crippen LogP contribution >= 0.6 is 0 Å². The van der Waals surface area contributed by atoms with Gasteiger partial charge in [-0.3, -0.25) is 0 Å². The third kappa shape index (κ3) is 15.7. The van der Waals surface area contributed by atoms with E-state index in [-0.39, 0.29) is 0 Å². The van der Waals surface area contributed by atoms with E-state index in [1.807, 2.05) is 6.08 Å². The first-order valence-corrected chi connectivity index (χ1v) is 7.63. The van der Waals surface area contributed by atoms with Crippen LogP contribution in [-0.4, -0.2) is 11.7 Å². The lowest BCUT2D eigenvalue weighted by Crippen LogP contribution is -1.84. The molecule has 0 fully saturated rings. The maximum Gasteiger partial charge on any atom is 0.0431 e. The van der Waals surface area contributed by atoms with E-state index in [2.05, 4.69) is 6.58 Å². The van der Waals surface area contributed by atoms with E-state index in [0.717, 1.165) is 6.42 Å². The molecule has 0 atom stereocenters. The number of hydrogen-bond donors (Lipinski definition) is 1. The van der Waals surface area contributed by atoms with E-state index in [4.69, 9.17) is 5.11 Å². The molecule has 102 valence electrons. The molecule has 0 aliphatic heterocycles. The number of hydrogen-bond acceptors (Lipinski definition) is 1. The Hall–Kier alpha value is -0.300. The fraction of sp³-hybridized carbons (Fsp3) is 0.875. The second kappa shape index (κ2) is 15.7. The summed E-state index contributed by atoms with van der Waals surface area (Å²) in [6.45, 7) is 4.11. The van der Waals surface area contributed by atoms with Crippen LogP contribution in [0, 0.1) is 0 Å². The van der Waals surface area contributed by atoms with Gasteiger partial charge < -0.3 is 5.11 Å². The maximum absolute atomic E-state index is 8.64. The Kier molecular flexibility index (Phi) is 15.4. The molecule has 0 saturated carbocycles. The van der Waals surface area contributed by atoms with Gasteiger partial charge in [0.15, 0.2) is 0 Å². The Morgan fingerprint density at radius 1 is 0.588 bits per heavy atom. The second-order valence-corrected chi connectivity index (χ2v) is 5.04. The molecule has 0 aliphatic carbocycles. The number of unbranched alkanes of at least 4 members (excludes halogenated alkanes) is 12. The van der Waals surface area contributed by atoms with Crippen LogP contribution in [0.5, 0.6) is 0 Å². The molecule has 0 aliphatic rings. The number of aliphatic hydroxyl groups is 1. The zero-order chi connectivity index (χ0) is 12.6. The molecule has 17 heavy (non-hydrogen) atoms. The van der Waals surface area contributed by atoms with Gasteiger partial charge in [-0.1, -0.05) is 70.3 Å². The molecule has 1 nitrogen and oxygen atoms in total. The summed E-state index contributed by atoms with van der Waals surface area (Å²) >= 11 is 0. The molecule has 0 radical (unpaired) electrons. The topological polar surface area (TPSA) is 20.2 Å². The molecule has 0 aromatic heterocycles. The quantitative estimate of drug-likeness (QED) is 0.325. The summed E-state index contributed by atoms with van der Waals surface area (Å²) in [6, 6.07) is 0. The van der Waals surface area contributed by atoms with Crippen molar-refractivity contribution in [1.29, 1.82) is 0 Å². The van der Waals surface area contributed by atoms with Gasteiger partial charge in [0.2, 0.25) is 0 Å². The summed E-state index contributed by atoms with van der Waals surface area (Å²) in [7, 11) is 0. The fourth-order valence-corrected chi connectivity index (χ4v) is 2.17. The highest BCUT2D eigenvalue weighted by Crippen LogP contribution is 2.12. The highest BCUT2D eigenvalue weighted by molar-refractivity contribution is 4.65. The van der Waals surface area contributed by atoms with Crippen molar-refractivity contribution in [2.75, 3.05) is 6.61 Å². The third-order valence-corrected chi connectivity index (χ3v) is 3.32. The summed E-state index contributed by atoms with van der Waals surface area (Å²) in [6.07, 6.45) is 19.3. The van der Waals surface area contributed by atoms with Crippen LogP contribution in [0.25, 0.3) is 0 Å². The van der Waals surface area contributed by atoms with Crippen molar-refractivity contribution >= 4 is 0 Å². The van der Waals surface area contributed by atoms with E-state index < -0.39 is 0 Å². The summed E-state index contributed by atoms with van der Waals surface area (Å²) in [5, 5.41) is 8.64. The Bertz CT molecular complexity index is 142. The minimum atomic E-state index is 0.367. The highest BCUT2D eigenvalue weighted by atomic mass is 16.2. The standard InChI is InChI=1S/C16H32O/c1-2-3-4-5-6-7-8-9-10-11-12-13-14-15-16-17/h2,17H,1,3-16H2. The molecule has 0 spiro atoms. The predicted molar refractivity (Wildman–Crippen MR) is 77.3 cm³/mol. The molecule has 1 N–H and O–H groups in total. The maximum atomic E-state index is 8.64. The van der Waals surface area contributed by atoms with E-state index in [0.29, 0.717) is 6.61 Å². The smallest absolute Gasteiger partial charge is 0.0431 e. The van der Waals surface area contributed by atoms with Crippen molar-refractivity contribution in [3.8, 4) is 0 Å². The Morgan fingerprint density at radius 3 is 1.29 bits per heavy atom. The summed E-state index contributed by atoms with van der Waals surface area (Å²) in [4.78, 5) is 0. The van der Waals surface area contributed by atoms with E-state index >= 15 is 0 Å². The second-order valence-electron chi connectivity index (χ2n) is 5.04. The average molecular weight is 240 g/mol. The van der Waals surface area contributed by atoms with Gasteiger partial charge >= 0.3 is 0 Å². The van der Waals surface area contributed by atoms with E-state index in [1.54, 1.807) is 0 Å². The first kappa shape index (κ1) is 16.7. The number of aliphatic hydroxyl groups excluding tert-OH is 1. The van der Waals surface area contributed by atoms with Crippen LogP contribution in [0.2, 0.25) is 0 Å². The number of allylic oxidation sites excluding steroid dienone is 1. The molecule has 0 rings (SSSR count). The van der Waals surface area contributed by atoms with Crippen molar-refractivity contribution in [2.45, 2.75) is 83.5 Å². The molecule has 0 aromatic rings. The van der Waals surface area contributed by atoms with Gasteiger partial charge in [-0.05, 0) is 19.3 Å². The Labute approximate surface area is 108 Å². The lowest BCUT2D eigenvalue weighted by atomic mass is 10.0. The van der Waals surface area contributed by atoms with Crippen molar-refractivity contribution < 1.29 is 5.11 Å². The third-order valence-electron chi connectivity index (χ3n) is 3.32. The zero-order valence-corrected chi connectivity index (χ0v) is 11.6. The Balaban J connectivity index is 2.87. The van der Waals surface area contributed by atoms with Crippen molar-refractivity contribution in [1.82, 2.24) is 0 Å². The van der Waals surface area contributed by atoms with Crippen LogP contribution in [-0.2, 0) is 0 Å². The lowest BCUT2D eigenvalue weighted by molar-refractivity contribution is 0.282. The molecule has 0 heterocycles. The molecular formula is C16H32O. The van der Waals surface area contributed by atoms with Gasteiger partial charge in [-0.2, -0.15) is 0 Å². The first-order chi connectivity index (χ1) is 8.41. The van der Waals surface area contributed by atoms with Crippen molar-refractivity contribution in [3.05, 3.63) is 12.7 Å². The van der Waals surface area contributed by atoms with Crippen molar-refractivity contribution in [2.24, 2.45) is 0 Å². The molecule has 0 bridgehead atoms. The van der Waals surface area contributed by atoms with Gasteiger partial charge in [-0.25, -0.2) is 0 Å². The Morgan fingerprint density at radius 2 is 0.941 bits per heavy atom. The van der Waals surface area contributed by atoms with E-state index in [1.165, 1.54) is 77.0 Å².